The highest BCUT2D eigenvalue weighted by Crippen LogP contribution is 2.44. The van der Waals surface area contributed by atoms with E-state index in [4.69, 9.17) is 10.5 Å². The molecule has 3 heterocycles. The fourth-order valence-electron chi connectivity index (χ4n) is 4.95. The summed E-state index contributed by atoms with van der Waals surface area (Å²) in [6.45, 7) is 5.39. The van der Waals surface area contributed by atoms with Crippen LogP contribution in [0.15, 0.2) is 41.6 Å². The first-order valence-electron chi connectivity index (χ1n) is 12.0. The van der Waals surface area contributed by atoms with E-state index in [1.807, 2.05) is 42.7 Å². The van der Waals surface area contributed by atoms with Crippen molar-refractivity contribution in [3.05, 3.63) is 58.4 Å². The number of fused-ring (bicyclic) bond motifs is 1. The van der Waals surface area contributed by atoms with E-state index in [0.29, 0.717) is 31.4 Å². The topological polar surface area (TPSA) is 124 Å². The van der Waals surface area contributed by atoms with E-state index >= 15 is 4.39 Å². The molecule has 0 aliphatic carbocycles. The minimum atomic E-state index is -1.38. The molecule has 1 unspecified atom stereocenters. The maximum absolute atomic E-state index is 15.5. The van der Waals surface area contributed by atoms with Gasteiger partial charge in [0, 0.05) is 19.3 Å². The van der Waals surface area contributed by atoms with Gasteiger partial charge >= 0.3 is 5.97 Å². The van der Waals surface area contributed by atoms with Crippen LogP contribution < -0.4 is 21.2 Å². The minimum Gasteiger partial charge on any atom is -0.487 e. The van der Waals surface area contributed by atoms with Gasteiger partial charge in [0.2, 0.25) is 5.43 Å². The van der Waals surface area contributed by atoms with Crippen LogP contribution in [0.25, 0.3) is 21.9 Å². The Morgan fingerprint density at radius 3 is 2.89 bits per heavy atom. The summed E-state index contributed by atoms with van der Waals surface area (Å²) in [4.78, 5) is 29.2. The number of hydrogen-bond donors (Lipinski definition) is 3. The molecular weight excluding hydrogens is 465 g/mol. The number of para-hydroxylation sites is 2. The summed E-state index contributed by atoms with van der Waals surface area (Å²) in [5.74, 6) is -1.73. The van der Waals surface area contributed by atoms with Gasteiger partial charge in [-0.15, -0.1) is 0 Å². The molecule has 0 radical (unpaired) electrons. The van der Waals surface area contributed by atoms with Gasteiger partial charge in [0.25, 0.3) is 0 Å². The van der Waals surface area contributed by atoms with Crippen molar-refractivity contribution in [1.29, 1.82) is 0 Å². The zero-order chi connectivity index (χ0) is 25.6. The van der Waals surface area contributed by atoms with Crippen molar-refractivity contribution in [1.82, 2.24) is 14.1 Å². The molecule has 10 heteroatoms. The van der Waals surface area contributed by atoms with Crippen molar-refractivity contribution >= 4 is 39.3 Å². The maximum Gasteiger partial charge on any atom is 0.341 e. The summed E-state index contributed by atoms with van der Waals surface area (Å²) in [6, 6.07) is 7.61. The van der Waals surface area contributed by atoms with Gasteiger partial charge in [0.05, 0.1) is 40.0 Å². The molecule has 0 saturated carbocycles. The third kappa shape index (κ3) is 3.92. The molecule has 0 amide bonds. The predicted molar refractivity (Wildman–Crippen MR) is 136 cm³/mol. The Labute approximate surface area is 206 Å². The minimum absolute atomic E-state index is 0.0784. The molecule has 1 atom stereocenters. The number of nitrogens with zero attached hydrogens (tertiary/aromatic N) is 3. The number of anilines is 2. The van der Waals surface area contributed by atoms with E-state index in [1.165, 1.54) is 6.20 Å². The Balaban J connectivity index is 1.51. The van der Waals surface area contributed by atoms with Crippen molar-refractivity contribution in [2.75, 3.05) is 24.2 Å². The summed E-state index contributed by atoms with van der Waals surface area (Å²) in [7, 11) is 0. The Morgan fingerprint density at radius 1 is 1.36 bits per heavy atom. The van der Waals surface area contributed by atoms with E-state index in [9.17, 15) is 14.7 Å². The molecule has 188 valence electrons. The molecule has 4 N–H and O–H groups in total. The van der Waals surface area contributed by atoms with Crippen LogP contribution >= 0.6 is 0 Å². The molecule has 0 spiro atoms. The molecule has 4 aromatic rings. The highest BCUT2D eigenvalue weighted by Gasteiger charge is 2.32. The number of halogens is 1. The fraction of sp³-hybridized carbons (Fsp3) is 0.346. The van der Waals surface area contributed by atoms with Crippen molar-refractivity contribution in [2.45, 2.75) is 39.3 Å². The van der Waals surface area contributed by atoms with E-state index in [1.54, 1.807) is 10.9 Å². The summed E-state index contributed by atoms with van der Waals surface area (Å²) in [6.07, 6.45) is 4.46. The number of benzene rings is 2. The number of hydrogen-bond acceptors (Lipinski definition) is 6. The summed E-state index contributed by atoms with van der Waals surface area (Å²) in [5.41, 5.74) is 6.79. The highest BCUT2D eigenvalue weighted by atomic mass is 19.1. The molecule has 2 aromatic carbocycles. The summed E-state index contributed by atoms with van der Waals surface area (Å²) < 4.78 is 25.2. The van der Waals surface area contributed by atoms with Gasteiger partial charge in [-0.3, -0.25) is 4.79 Å². The number of aromatic carboxylic acids is 1. The summed E-state index contributed by atoms with van der Waals surface area (Å²) in [5, 5.41) is 12.5. The molecule has 2 aromatic heterocycles. The van der Waals surface area contributed by atoms with Gasteiger partial charge in [-0.2, -0.15) is 0 Å². The monoisotopic (exact) mass is 493 g/mol. The normalized spacial score (nSPS) is 14.9. The second kappa shape index (κ2) is 9.18. The maximum atomic E-state index is 15.5. The van der Waals surface area contributed by atoms with Crippen LogP contribution in [0.1, 0.15) is 43.1 Å². The van der Waals surface area contributed by atoms with Gasteiger partial charge in [-0.1, -0.05) is 26.0 Å². The number of imidazole rings is 1. The summed E-state index contributed by atoms with van der Waals surface area (Å²) >= 11 is 0. The zero-order valence-electron chi connectivity index (χ0n) is 20.1. The SMILES string of the molecule is CC(C)CC1COc2c(NCCCn3cnc4ccccc43)c(F)c(N)c3c(=O)c(C(=O)O)cn1c23. The molecule has 9 nitrogen and oxygen atoms in total. The molecule has 36 heavy (non-hydrogen) atoms. The second-order valence-electron chi connectivity index (χ2n) is 9.54. The average Bonchev–Trinajstić information content (AvgIpc) is 3.25. The van der Waals surface area contributed by atoms with Crippen LogP contribution in [0.3, 0.4) is 0 Å². The number of nitrogens with one attached hydrogen (secondary N) is 1. The number of aryl methyl sites for hydroxylation is 1. The first-order valence-corrected chi connectivity index (χ1v) is 12.0. The first-order chi connectivity index (χ1) is 17.3. The molecule has 1 aliphatic rings. The van der Waals surface area contributed by atoms with Crippen LogP contribution in [0.5, 0.6) is 5.75 Å². The first kappa shape index (κ1) is 23.7. The van der Waals surface area contributed by atoms with Crippen LogP contribution in [0, 0.1) is 11.7 Å². The Hall–Kier alpha value is -4.08. The van der Waals surface area contributed by atoms with E-state index in [0.717, 1.165) is 11.0 Å². The van der Waals surface area contributed by atoms with Gasteiger partial charge in [-0.05, 0) is 30.9 Å². The molecule has 5 rings (SSSR count). The number of rotatable bonds is 8. The van der Waals surface area contributed by atoms with Crippen LogP contribution in [-0.2, 0) is 6.54 Å². The quantitative estimate of drug-likeness (QED) is 0.248. The van der Waals surface area contributed by atoms with Gasteiger partial charge in [0.1, 0.15) is 17.9 Å². The number of nitrogens with two attached hydrogens (primary N) is 1. The van der Waals surface area contributed by atoms with Crippen molar-refractivity contribution in [3.63, 3.8) is 0 Å². The van der Waals surface area contributed by atoms with Gasteiger partial charge in [0.15, 0.2) is 11.6 Å². The third-order valence-electron chi connectivity index (χ3n) is 6.59. The predicted octanol–water partition coefficient (Wildman–Crippen LogP) is 4.25. The highest BCUT2D eigenvalue weighted by molar-refractivity contribution is 6.03. The third-order valence-corrected chi connectivity index (χ3v) is 6.59. The number of carboxylic acids is 1. The van der Waals surface area contributed by atoms with Crippen molar-refractivity contribution in [2.24, 2.45) is 5.92 Å². The smallest absolute Gasteiger partial charge is 0.341 e. The second-order valence-corrected chi connectivity index (χ2v) is 9.54. The number of ether oxygens (including phenoxy) is 1. The number of aromatic nitrogens is 3. The van der Waals surface area contributed by atoms with Crippen molar-refractivity contribution in [3.8, 4) is 5.75 Å². The van der Waals surface area contributed by atoms with Crippen LogP contribution in [0.2, 0.25) is 0 Å². The fourth-order valence-corrected chi connectivity index (χ4v) is 4.95. The molecular formula is C26H28FN5O4. The van der Waals surface area contributed by atoms with E-state index in [2.05, 4.69) is 10.3 Å². The lowest BCUT2D eigenvalue weighted by atomic mass is 9.99. The van der Waals surface area contributed by atoms with E-state index < -0.39 is 22.8 Å². The Kier molecular flexibility index (Phi) is 6.03. The van der Waals surface area contributed by atoms with E-state index in [-0.39, 0.29) is 41.1 Å². The Morgan fingerprint density at radius 2 is 2.14 bits per heavy atom. The Bertz CT molecular complexity index is 1540. The molecule has 0 fully saturated rings. The van der Waals surface area contributed by atoms with Crippen LogP contribution in [0.4, 0.5) is 15.8 Å². The lowest BCUT2D eigenvalue weighted by Gasteiger charge is -2.32. The zero-order valence-corrected chi connectivity index (χ0v) is 20.1. The largest absolute Gasteiger partial charge is 0.487 e. The standard InChI is InChI=1S/C26H28FN5O4/c1-14(2)10-15-12-36-25-22(29-8-5-9-31-13-30-17-6-3-4-7-18(17)31)20(27)21(28)19-23(25)32(15)11-16(24(19)33)26(34)35/h3-4,6-7,11,13-15,29H,5,8-10,12,28H2,1-2H3,(H,34,35). The lowest BCUT2D eigenvalue weighted by molar-refractivity contribution is 0.0694. The van der Waals surface area contributed by atoms with Gasteiger partial charge < -0.3 is 30.0 Å². The van der Waals surface area contributed by atoms with Gasteiger partial charge in [-0.25, -0.2) is 14.2 Å². The lowest BCUT2D eigenvalue weighted by Crippen LogP contribution is -2.30. The average molecular weight is 494 g/mol. The number of carboxylic acid groups (broad SMARTS) is 1. The van der Waals surface area contributed by atoms with Crippen molar-refractivity contribution < 1.29 is 19.0 Å². The number of nitrogen functional groups attached to an aromatic ring is 1. The number of carbonyl (C=O) groups is 1. The van der Waals surface area contributed by atoms with Crippen LogP contribution in [-0.4, -0.2) is 38.3 Å². The molecule has 1 aliphatic heterocycles. The molecule has 0 bridgehead atoms. The molecule has 0 saturated heterocycles. The number of pyridine rings is 1.